The first-order valence-corrected chi connectivity index (χ1v) is 8.99. The van der Waals surface area contributed by atoms with Gasteiger partial charge in [0, 0.05) is 5.56 Å². The van der Waals surface area contributed by atoms with Crippen LogP contribution in [0.25, 0.3) is 5.70 Å². The fraction of sp³-hybridized carbons (Fsp3) is 0.167. The van der Waals surface area contributed by atoms with Gasteiger partial charge in [0.1, 0.15) is 6.10 Å². The standard InChI is InChI=1S/C18H16N2O4S/c1-13-5-7-17(8-6-13)25(21,22)23-12-16-10-18(20-24-16)15-4-2-3-14(9-15)11-19/h2-10,16,20H,12H2,1H3. The van der Waals surface area contributed by atoms with Crippen LogP contribution in [0.3, 0.4) is 0 Å². The number of hydroxylamine groups is 1. The minimum absolute atomic E-state index is 0.106. The molecule has 6 nitrogen and oxygen atoms in total. The number of aryl methyl sites for hydroxylation is 1. The van der Waals surface area contributed by atoms with Crippen molar-refractivity contribution in [3.8, 4) is 6.07 Å². The van der Waals surface area contributed by atoms with E-state index >= 15 is 0 Å². The Hall–Kier alpha value is -2.66. The van der Waals surface area contributed by atoms with Gasteiger partial charge in [-0.2, -0.15) is 13.7 Å². The molecule has 7 heteroatoms. The van der Waals surface area contributed by atoms with Crippen LogP contribution in [-0.4, -0.2) is 21.1 Å². The summed E-state index contributed by atoms with van der Waals surface area (Å²) in [5.74, 6) is 0. The van der Waals surface area contributed by atoms with Crippen LogP contribution in [0.15, 0.2) is 59.5 Å². The molecule has 2 aromatic rings. The summed E-state index contributed by atoms with van der Waals surface area (Å²) in [6.07, 6.45) is 1.17. The zero-order valence-corrected chi connectivity index (χ0v) is 14.3. The van der Waals surface area contributed by atoms with Crippen molar-refractivity contribution in [3.05, 3.63) is 71.3 Å². The third-order valence-electron chi connectivity index (χ3n) is 3.67. The highest BCUT2D eigenvalue weighted by atomic mass is 32.2. The van der Waals surface area contributed by atoms with Gasteiger partial charge < -0.3 is 0 Å². The summed E-state index contributed by atoms with van der Waals surface area (Å²) >= 11 is 0. The second kappa shape index (κ2) is 7.07. The fourth-order valence-corrected chi connectivity index (χ4v) is 3.24. The molecule has 0 aliphatic carbocycles. The third kappa shape index (κ3) is 4.06. The lowest BCUT2D eigenvalue weighted by molar-refractivity contribution is 0.0250. The Morgan fingerprint density at radius 1 is 1.24 bits per heavy atom. The molecule has 1 N–H and O–H groups in total. The molecule has 0 amide bonds. The van der Waals surface area contributed by atoms with E-state index in [0.29, 0.717) is 11.3 Å². The number of nitrogens with one attached hydrogen (secondary N) is 1. The molecular formula is C18H16N2O4S. The van der Waals surface area contributed by atoms with E-state index < -0.39 is 16.2 Å². The summed E-state index contributed by atoms with van der Waals surface area (Å²) in [5, 5.41) is 8.95. The molecule has 0 fully saturated rings. The Kier molecular flexibility index (Phi) is 4.86. The van der Waals surface area contributed by atoms with E-state index in [1.807, 2.05) is 13.0 Å². The normalized spacial score (nSPS) is 16.8. The number of benzene rings is 2. The molecule has 0 aromatic heterocycles. The summed E-state index contributed by atoms with van der Waals surface area (Å²) in [4.78, 5) is 5.44. The van der Waals surface area contributed by atoms with Crippen LogP contribution in [-0.2, 0) is 19.1 Å². The Labute approximate surface area is 146 Å². The molecular weight excluding hydrogens is 340 g/mol. The van der Waals surface area contributed by atoms with E-state index in [1.54, 1.807) is 36.4 Å². The maximum absolute atomic E-state index is 12.2. The van der Waals surface area contributed by atoms with Gasteiger partial charge >= 0.3 is 0 Å². The van der Waals surface area contributed by atoms with Crippen LogP contribution in [0.1, 0.15) is 16.7 Å². The van der Waals surface area contributed by atoms with E-state index in [0.717, 1.165) is 11.1 Å². The molecule has 0 radical (unpaired) electrons. The first-order chi connectivity index (χ1) is 12.0. The average molecular weight is 356 g/mol. The van der Waals surface area contributed by atoms with E-state index in [1.165, 1.54) is 12.1 Å². The van der Waals surface area contributed by atoms with Gasteiger partial charge in [-0.25, -0.2) is 0 Å². The van der Waals surface area contributed by atoms with Gasteiger partial charge in [-0.1, -0.05) is 29.8 Å². The Balaban J connectivity index is 1.67. The quantitative estimate of drug-likeness (QED) is 0.828. The van der Waals surface area contributed by atoms with Gasteiger partial charge in [0.25, 0.3) is 10.1 Å². The largest absolute Gasteiger partial charge is 0.297 e. The summed E-state index contributed by atoms with van der Waals surface area (Å²) in [7, 11) is -3.84. The number of rotatable bonds is 5. The third-order valence-corrected chi connectivity index (χ3v) is 4.97. The van der Waals surface area contributed by atoms with Gasteiger partial charge in [0.2, 0.25) is 0 Å². The molecule has 0 saturated carbocycles. The Morgan fingerprint density at radius 2 is 2.00 bits per heavy atom. The Morgan fingerprint density at radius 3 is 2.72 bits per heavy atom. The smallest absolute Gasteiger partial charge is 0.266 e. The molecule has 0 saturated heterocycles. The zero-order valence-electron chi connectivity index (χ0n) is 13.5. The molecule has 1 atom stereocenters. The molecule has 2 aromatic carbocycles. The molecule has 128 valence electrons. The first kappa shape index (κ1) is 17.2. The average Bonchev–Trinajstić information content (AvgIpc) is 3.10. The SMILES string of the molecule is Cc1ccc(S(=O)(=O)OCC2C=C(c3cccc(C#N)c3)NO2)cc1. The predicted molar refractivity (Wildman–Crippen MR) is 91.5 cm³/mol. The number of hydrogen-bond donors (Lipinski definition) is 1. The highest BCUT2D eigenvalue weighted by Gasteiger charge is 2.22. The fourth-order valence-electron chi connectivity index (χ4n) is 2.32. The molecule has 25 heavy (non-hydrogen) atoms. The van der Waals surface area contributed by atoms with E-state index in [2.05, 4.69) is 11.5 Å². The highest BCUT2D eigenvalue weighted by molar-refractivity contribution is 7.86. The van der Waals surface area contributed by atoms with Crippen molar-refractivity contribution in [1.29, 1.82) is 5.26 Å². The van der Waals surface area contributed by atoms with Crippen LogP contribution in [0, 0.1) is 18.3 Å². The number of nitrogens with zero attached hydrogens (tertiary/aromatic N) is 1. The molecule has 1 heterocycles. The molecule has 1 aliphatic rings. The summed E-state index contributed by atoms with van der Waals surface area (Å²) in [5.41, 5.74) is 5.68. The van der Waals surface area contributed by atoms with Gasteiger partial charge in [0.15, 0.2) is 0 Å². The van der Waals surface area contributed by atoms with E-state index in [4.69, 9.17) is 14.3 Å². The maximum Gasteiger partial charge on any atom is 0.297 e. The predicted octanol–water partition coefficient (Wildman–Crippen LogP) is 2.52. The van der Waals surface area contributed by atoms with Gasteiger partial charge in [-0.15, -0.1) is 0 Å². The summed E-state index contributed by atoms with van der Waals surface area (Å²) < 4.78 is 29.4. The topological polar surface area (TPSA) is 88.4 Å². The molecule has 0 spiro atoms. The molecule has 3 rings (SSSR count). The molecule has 1 unspecified atom stereocenters. The number of hydrogen-bond acceptors (Lipinski definition) is 6. The minimum atomic E-state index is -3.84. The number of nitriles is 1. The van der Waals surface area contributed by atoms with Crippen molar-refractivity contribution in [3.63, 3.8) is 0 Å². The maximum atomic E-state index is 12.2. The minimum Gasteiger partial charge on any atom is -0.266 e. The van der Waals surface area contributed by atoms with Crippen LogP contribution in [0.5, 0.6) is 0 Å². The lowest BCUT2D eigenvalue weighted by atomic mass is 10.1. The summed E-state index contributed by atoms with van der Waals surface area (Å²) in [6.45, 7) is 1.73. The van der Waals surface area contributed by atoms with Gasteiger partial charge in [-0.05, 0) is 37.3 Å². The highest BCUT2D eigenvalue weighted by Crippen LogP contribution is 2.21. The lowest BCUT2D eigenvalue weighted by Crippen LogP contribution is -2.20. The molecule has 0 bridgehead atoms. The lowest BCUT2D eigenvalue weighted by Gasteiger charge is -2.09. The van der Waals surface area contributed by atoms with Crippen LogP contribution >= 0.6 is 0 Å². The van der Waals surface area contributed by atoms with E-state index in [9.17, 15) is 8.42 Å². The zero-order chi connectivity index (χ0) is 17.9. The summed E-state index contributed by atoms with van der Waals surface area (Å²) in [6, 6.07) is 15.5. The van der Waals surface area contributed by atoms with Crippen LogP contribution < -0.4 is 5.48 Å². The monoisotopic (exact) mass is 356 g/mol. The van der Waals surface area contributed by atoms with Crippen molar-refractivity contribution < 1.29 is 17.4 Å². The Bertz CT molecular complexity index is 944. The van der Waals surface area contributed by atoms with E-state index in [-0.39, 0.29) is 11.5 Å². The van der Waals surface area contributed by atoms with Crippen molar-refractivity contribution in [2.24, 2.45) is 0 Å². The van der Waals surface area contributed by atoms with Crippen LogP contribution in [0.2, 0.25) is 0 Å². The molecule has 1 aliphatic heterocycles. The second-order valence-electron chi connectivity index (χ2n) is 5.58. The van der Waals surface area contributed by atoms with Crippen molar-refractivity contribution >= 4 is 15.8 Å². The van der Waals surface area contributed by atoms with Gasteiger partial charge in [-0.3, -0.25) is 14.5 Å². The van der Waals surface area contributed by atoms with Crippen molar-refractivity contribution in [2.75, 3.05) is 6.61 Å². The first-order valence-electron chi connectivity index (χ1n) is 7.58. The second-order valence-corrected chi connectivity index (χ2v) is 7.20. The van der Waals surface area contributed by atoms with Crippen molar-refractivity contribution in [2.45, 2.75) is 17.9 Å². The van der Waals surface area contributed by atoms with Crippen molar-refractivity contribution in [1.82, 2.24) is 5.48 Å². The van der Waals surface area contributed by atoms with Crippen LogP contribution in [0.4, 0.5) is 0 Å². The van der Waals surface area contributed by atoms with Gasteiger partial charge in [0.05, 0.1) is 28.8 Å².